The van der Waals surface area contributed by atoms with E-state index >= 15 is 0 Å². The van der Waals surface area contributed by atoms with Crippen LogP contribution in [-0.2, 0) is 23.7 Å². The van der Waals surface area contributed by atoms with E-state index in [0.717, 1.165) is 64.6 Å². The molecule has 0 aromatic rings. The van der Waals surface area contributed by atoms with Crippen molar-refractivity contribution in [2.24, 2.45) is 11.3 Å². The van der Waals surface area contributed by atoms with Crippen molar-refractivity contribution in [1.29, 1.82) is 0 Å². The van der Waals surface area contributed by atoms with Crippen molar-refractivity contribution in [2.75, 3.05) is 13.2 Å². The molecule has 2 bridgehead atoms. The fourth-order valence-electron chi connectivity index (χ4n) is 7.61. The third kappa shape index (κ3) is 8.61. The van der Waals surface area contributed by atoms with Crippen LogP contribution in [-0.4, -0.2) is 54.6 Å². The van der Waals surface area contributed by atoms with Crippen LogP contribution >= 0.6 is 9.39 Å². The number of nitrogens with one attached hydrogen (secondary N) is 1. The first-order valence-corrected chi connectivity index (χ1v) is 15.0. The standard InChI is InChI=1S/C25H46NO4P.C2H6.CH2O2/c1-4-9-20(26-31)24-14-19(2)15-25(18-24,30-22-11-6-8-13-28-22)17-23(3,16-24)29-21-10-5-7-12-27-21;1-2;2-1-3/h19-22,26H,4-18,31H2,1-3H3;1-2H3;1H,(H,2,3). The Hall–Kier alpha value is -0.300. The molecule has 8 atom stereocenters. The Labute approximate surface area is 222 Å². The van der Waals surface area contributed by atoms with Crippen LogP contribution in [0.3, 0.4) is 0 Å². The Morgan fingerprint density at radius 2 is 1.61 bits per heavy atom. The molecule has 36 heavy (non-hydrogen) atoms. The lowest BCUT2D eigenvalue weighted by molar-refractivity contribution is -0.307. The summed E-state index contributed by atoms with van der Waals surface area (Å²) in [6.45, 7) is 12.5. The Balaban J connectivity index is 0.000000850. The summed E-state index contributed by atoms with van der Waals surface area (Å²) in [6.07, 6.45) is 14.5. The second-order valence-corrected chi connectivity index (χ2v) is 11.8. The molecule has 0 aromatic carbocycles. The molecular weight excluding hydrogens is 477 g/mol. The van der Waals surface area contributed by atoms with Gasteiger partial charge in [0.2, 0.25) is 0 Å². The largest absolute Gasteiger partial charge is 0.483 e. The number of ether oxygens (including phenoxy) is 4. The van der Waals surface area contributed by atoms with Crippen molar-refractivity contribution in [3.63, 3.8) is 0 Å². The van der Waals surface area contributed by atoms with Gasteiger partial charge < -0.3 is 24.1 Å². The molecule has 2 saturated carbocycles. The van der Waals surface area contributed by atoms with Crippen LogP contribution in [0.25, 0.3) is 0 Å². The SMILES string of the molecule is CC.CCCC(NP)C12CC(C)CC(OC3CCCCO3)(CC(C)(OC3CCCCO3)C1)C2.O=CO. The topological polar surface area (TPSA) is 86.3 Å². The fraction of sp³-hybridized carbons (Fsp3) is 0.964. The molecule has 2 aliphatic heterocycles. The fourth-order valence-corrected chi connectivity index (χ4v) is 8.13. The summed E-state index contributed by atoms with van der Waals surface area (Å²) < 4.78 is 25.9. The molecule has 0 amide bonds. The van der Waals surface area contributed by atoms with Gasteiger partial charge in [-0.15, -0.1) is 0 Å². The van der Waals surface area contributed by atoms with E-state index in [1.807, 2.05) is 13.8 Å². The van der Waals surface area contributed by atoms with Crippen LogP contribution in [0, 0.1) is 11.3 Å². The molecule has 8 unspecified atom stereocenters. The van der Waals surface area contributed by atoms with Crippen molar-refractivity contribution in [1.82, 2.24) is 5.09 Å². The van der Waals surface area contributed by atoms with Crippen molar-refractivity contribution in [2.45, 2.75) is 148 Å². The quantitative estimate of drug-likeness (QED) is 0.275. The summed E-state index contributed by atoms with van der Waals surface area (Å²) in [5.74, 6) is 0.644. The summed E-state index contributed by atoms with van der Waals surface area (Å²) in [7, 11) is 2.82. The smallest absolute Gasteiger partial charge is 0.290 e. The summed E-state index contributed by atoms with van der Waals surface area (Å²) in [5.41, 5.74) is -0.233. The minimum absolute atomic E-state index is 0.0568. The third-order valence-electron chi connectivity index (χ3n) is 8.16. The zero-order valence-electron chi connectivity index (χ0n) is 23.6. The van der Waals surface area contributed by atoms with E-state index in [1.54, 1.807) is 0 Å². The lowest BCUT2D eigenvalue weighted by Crippen LogP contribution is -2.64. The van der Waals surface area contributed by atoms with Crippen molar-refractivity contribution in [3.05, 3.63) is 0 Å². The molecule has 7 nitrogen and oxygen atoms in total. The molecule has 212 valence electrons. The van der Waals surface area contributed by atoms with Crippen molar-refractivity contribution in [3.8, 4) is 0 Å². The van der Waals surface area contributed by atoms with E-state index in [9.17, 15) is 0 Å². The van der Waals surface area contributed by atoms with Crippen LogP contribution < -0.4 is 5.09 Å². The highest BCUT2D eigenvalue weighted by molar-refractivity contribution is 7.13. The number of carbonyl (C=O) groups is 1. The van der Waals surface area contributed by atoms with Crippen molar-refractivity contribution < 1.29 is 28.8 Å². The van der Waals surface area contributed by atoms with Gasteiger partial charge in [0.1, 0.15) is 0 Å². The Kier molecular flexibility index (Phi) is 13.6. The average Bonchev–Trinajstić information content (AvgIpc) is 2.84. The zero-order valence-corrected chi connectivity index (χ0v) is 24.7. The predicted molar refractivity (Wildman–Crippen MR) is 147 cm³/mol. The van der Waals surface area contributed by atoms with E-state index in [-0.39, 0.29) is 35.7 Å². The van der Waals surface area contributed by atoms with Gasteiger partial charge in [0.05, 0.1) is 11.2 Å². The van der Waals surface area contributed by atoms with E-state index in [2.05, 4.69) is 35.2 Å². The lowest BCUT2D eigenvalue weighted by atomic mass is 9.51. The summed E-state index contributed by atoms with van der Waals surface area (Å²) >= 11 is 0. The van der Waals surface area contributed by atoms with E-state index in [1.165, 1.54) is 32.1 Å². The van der Waals surface area contributed by atoms with Gasteiger partial charge in [-0.3, -0.25) is 9.88 Å². The highest BCUT2D eigenvalue weighted by Gasteiger charge is 2.61. The van der Waals surface area contributed by atoms with Gasteiger partial charge in [-0.25, -0.2) is 0 Å². The van der Waals surface area contributed by atoms with E-state index < -0.39 is 0 Å². The first kappa shape index (κ1) is 31.9. The van der Waals surface area contributed by atoms with Gasteiger partial charge in [-0.2, -0.15) is 0 Å². The van der Waals surface area contributed by atoms with Gasteiger partial charge in [0.15, 0.2) is 12.6 Å². The maximum atomic E-state index is 8.36. The maximum Gasteiger partial charge on any atom is 0.290 e. The van der Waals surface area contributed by atoms with Crippen LogP contribution in [0.15, 0.2) is 0 Å². The molecule has 4 fully saturated rings. The number of carboxylic acid groups (broad SMARTS) is 1. The maximum absolute atomic E-state index is 8.36. The molecule has 4 rings (SSSR count). The average molecular weight is 532 g/mol. The van der Waals surface area contributed by atoms with Crippen LogP contribution in [0.1, 0.15) is 118 Å². The normalized spacial score (nSPS) is 39.0. The number of hydrogen-bond acceptors (Lipinski definition) is 6. The molecule has 2 heterocycles. The molecule has 8 heteroatoms. The highest BCUT2D eigenvalue weighted by Crippen LogP contribution is 2.61. The molecule has 2 N–H and O–H groups in total. The number of hydrogen-bond donors (Lipinski definition) is 2. The third-order valence-corrected chi connectivity index (χ3v) is 8.57. The Morgan fingerprint density at radius 3 is 2.11 bits per heavy atom. The summed E-state index contributed by atoms with van der Waals surface area (Å²) in [4.78, 5) is 8.36. The molecular formula is C28H54NO6P. The second-order valence-electron chi connectivity index (χ2n) is 11.5. The van der Waals surface area contributed by atoms with Gasteiger partial charge in [-0.1, -0.05) is 43.5 Å². The Bertz CT molecular complexity index is 625. The highest BCUT2D eigenvalue weighted by atomic mass is 31.0. The molecule has 0 spiro atoms. The zero-order chi connectivity index (χ0) is 26.7. The van der Waals surface area contributed by atoms with Gasteiger partial charge in [0.25, 0.3) is 6.47 Å². The molecule has 2 saturated heterocycles. The molecule has 2 aliphatic carbocycles. The number of fused-ring (bicyclic) bond motifs is 2. The summed E-state index contributed by atoms with van der Waals surface area (Å²) in [5, 5.41) is 10.5. The van der Waals surface area contributed by atoms with Crippen LogP contribution in [0.2, 0.25) is 0 Å². The first-order chi connectivity index (χ1) is 17.3. The van der Waals surface area contributed by atoms with Gasteiger partial charge in [0, 0.05) is 25.7 Å². The van der Waals surface area contributed by atoms with Gasteiger partial charge >= 0.3 is 0 Å². The minimum Gasteiger partial charge on any atom is -0.483 e. The van der Waals surface area contributed by atoms with Crippen molar-refractivity contribution >= 4 is 15.9 Å². The molecule has 0 radical (unpaired) electrons. The predicted octanol–water partition coefficient (Wildman–Crippen LogP) is 6.45. The van der Waals surface area contributed by atoms with Gasteiger partial charge in [-0.05, 0) is 88.9 Å². The van der Waals surface area contributed by atoms with E-state index in [0.29, 0.717) is 12.0 Å². The molecule has 0 aromatic heterocycles. The van der Waals surface area contributed by atoms with Crippen LogP contribution in [0.4, 0.5) is 0 Å². The lowest BCUT2D eigenvalue weighted by Gasteiger charge is -2.62. The molecule has 4 aliphatic rings. The van der Waals surface area contributed by atoms with E-state index in [4.69, 9.17) is 28.8 Å². The first-order valence-electron chi connectivity index (χ1n) is 14.4. The summed E-state index contributed by atoms with van der Waals surface area (Å²) in [6, 6.07) is 0.455. The second kappa shape index (κ2) is 15.3. The monoisotopic (exact) mass is 531 g/mol. The minimum atomic E-state index is -0.250. The number of rotatable bonds is 8. The van der Waals surface area contributed by atoms with Crippen LogP contribution in [0.5, 0.6) is 0 Å². The Morgan fingerprint density at radius 1 is 1.03 bits per heavy atom.